The molecule has 0 aromatic carbocycles. The second-order valence-corrected chi connectivity index (χ2v) is 3.42. The predicted octanol–water partition coefficient (Wildman–Crippen LogP) is -2.30. The molecule has 1 aliphatic rings. The standard InChI is InChI=1S/C8H13N3O4/c1-10-2-3-11(7(13)6(10)12)4-5(9)8(14)15/h5H,2-4,9H2,1H3,(H,14,15). The van der Waals surface area contributed by atoms with Crippen LogP contribution >= 0.6 is 0 Å². The summed E-state index contributed by atoms with van der Waals surface area (Å²) in [7, 11) is 1.52. The van der Waals surface area contributed by atoms with Gasteiger partial charge < -0.3 is 20.6 Å². The molecule has 1 saturated heterocycles. The molecule has 1 atom stereocenters. The molecule has 1 heterocycles. The molecule has 0 radical (unpaired) electrons. The molecular formula is C8H13N3O4. The van der Waals surface area contributed by atoms with Crippen LogP contribution in [0.25, 0.3) is 0 Å². The van der Waals surface area contributed by atoms with Crippen molar-refractivity contribution in [1.82, 2.24) is 9.80 Å². The molecule has 2 amide bonds. The molecule has 0 aliphatic carbocycles. The number of carboxylic acids is 1. The van der Waals surface area contributed by atoms with Crippen LogP contribution in [0.5, 0.6) is 0 Å². The molecule has 7 heteroatoms. The summed E-state index contributed by atoms with van der Waals surface area (Å²) in [6, 6.07) is -1.15. The maximum absolute atomic E-state index is 11.4. The lowest BCUT2D eigenvalue weighted by molar-refractivity contribution is -0.155. The zero-order valence-corrected chi connectivity index (χ0v) is 8.34. The number of nitrogens with zero attached hydrogens (tertiary/aromatic N) is 2. The van der Waals surface area contributed by atoms with E-state index in [2.05, 4.69) is 0 Å². The van der Waals surface area contributed by atoms with E-state index in [9.17, 15) is 14.4 Å². The van der Waals surface area contributed by atoms with Gasteiger partial charge in [-0.25, -0.2) is 0 Å². The fourth-order valence-electron chi connectivity index (χ4n) is 1.26. The van der Waals surface area contributed by atoms with Crippen molar-refractivity contribution < 1.29 is 19.5 Å². The van der Waals surface area contributed by atoms with Crippen molar-refractivity contribution in [3.63, 3.8) is 0 Å². The van der Waals surface area contributed by atoms with E-state index < -0.39 is 23.8 Å². The zero-order chi connectivity index (χ0) is 11.6. The van der Waals surface area contributed by atoms with E-state index in [1.807, 2.05) is 0 Å². The number of carbonyl (C=O) groups excluding carboxylic acids is 2. The number of nitrogens with two attached hydrogens (primary N) is 1. The minimum atomic E-state index is -1.19. The first-order valence-corrected chi connectivity index (χ1v) is 4.46. The largest absolute Gasteiger partial charge is 0.480 e. The minimum absolute atomic E-state index is 0.131. The van der Waals surface area contributed by atoms with Crippen molar-refractivity contribution in [2.75, 3.05) is 26.7 Å². The van der Waals surface area contributed by atoms with Crippen LogP contribution in [-0.4, -0.2) is 65.4 Å². The van der Waals surface area contributed by atoms with Gasteiger partial charge in [0.25, 0.3) is 0 Å². The molecule has 0 aromatic rings. The topological polar surface area (TPSA) is 104 Å². The number of amides is 2. The summed E-state index contributed by atoms with van der Waals surface area (Å²) < 4.78 is 0. The summed E-state index contributed by atoms with van der Waals surface area (Å²) in [6.45, 7) is 0.590. The molecule has 0 bridgehead atoms. The van der Waals surface area contributed by atoms with E-state index in [-0.39, 0.29) is 6.54 Å². The van der Waals surface area contributed by atoms with Crippen LogP contribution in [-0.2, 0) is 14.4 Å². The Bertz CT molecular complexity index is 304. The molecule has 7 nitrogen and oxygen atoms in total. The summed E-state index contributed by atoms with van der Waals surface area (Å²) in [5.41, 5.74) is 5.27. The molecular weight excluding hydrogens is 202 g/mol. The number of likely N-dealkylation sites (N-methyl/N-ethyl adjacent to an activating group) is 1. The van der Waals surface area contributed by atoms with Gasteiger partial charge in [-0.05, 0) is 0 Å². The molecule has 0 aromatic heterocycles. The summed E-state index contributed by atoms with van der Waals surface area (Å²) in [5, 5.41) is 8.56. The van der Waals surface area contributed by atoms with E-state index in [1.54, 1.807) is 0 Å². The Kier molecular flexibility index (Phi) is 3.25. The SMILES string of the molecule is CN1CCN(CC(N)C(=O)O)C(=O)C1=O. The highest BCUT2D eigenvalue weighted by Crippen LogP contribution is 2.03. The van der Waals surface area contributed by atoms with E-state index in [0.29, 0.717) is 13.1 Å². The normalized spacial score (nSPS) is 19.3. The smallest absolute Gasteiger partial charge is 0.322 e. The minimum Gasteiger partial charge on any atom is -0.480 e. The monoisotopic (exact) mass is 215 g/mol. The van der Waals surface area contributed by atoms with Crippen LogP contribution in [0.4, 0.5) is 0 Å². The number of aliphatic carboxylic acids is 1. The van der Waals surface area contributed by atoms with Gasteiger partial charge in [0.05, 0.1) is 0 Å². The molecule has 15 heavy (non-hydrogen) atoms. The van der Waals surface area contributed by atoms with Crippen LogP contribution in [0.15, 0.2) is 0 Å². The van der Waals surface area contributed by atoms with Gasteiger partial charge in [0.15, 0.2) is 0 Å². The Labute approximate surface area is 86.4 Å². The van der Waals surface area contributed by atoms with E-state index in [0.717, 1.165) is 0 Å². The Morgan fingerprint density at radius 2 is 2.07 bits per heavy atom. The van der Waals surface area contributed by atoms with Crippen molar-refractivity contribution in [1.29, 1.82) is 0 Å². The summed E-state index contributed by atoms with van der Waals surface area (Å²) in [6.07, 6.45) is 0. The molecule has 84 valence electrons. The lowest BCUT2D eigenvalue weighted by Crippen LogP contribution is -2.56. The average molecular weight is 215 g/mol. The van der Waals surface area contributed by atoms with Crippen molar-refractivity contribution >= 4 is 17.8 Å². The van der Waals surface area contributed by atoms with Gasteiger partial charge in [-0.1, -0.05) is 0 Å². The summed E-state index contributed by atoms with van der Waals surface area (Å²) >= 11 is 0. The first kappa shape index (κ1) is 11.4. The number of hydrogen-bond acceptors (Lipinski definition) is 4. The molecule has 3 N–H and O–H groups in total. The second kappa shape index (κ2) is 4.26. The van der Waals surface area contributed by atoms with Gasteiger partial charge in [0.2, 0.25) is 0 Å². The number of piperazine rings is 1. The van der Waals surface area contributed by atoms with Crippen molar-refractivity contribution in [3.05, 3.63) is 0 Å². The Balaban J connectivity index is 2.61. The van der Waals surface area contributed by atoms with E-state index in [4.69, 9.17) is 10.8 Å². The highest BCUT2D eigenvalue weighted by atomic mass is 16.4. The third kappa shape index (κ3) is 2.44. The lowest BCUT2D eigenvalue weighted by atomic mass is 10.2. The first-order chi connectivity index (χ1) is 6.93. The number of hydrogen-bond donors (Lipinski definition) is 2. The second-order valence-electron chi connectivity index (χ2n) is 3.42. The third-order valence-electron chi connectivity index (χ3n) is 2.26. The van der Waals surface area contributed by atoms with Crippen LogP contribution in [0.3, 0.4) is 0 Å². The molecule has 1 fully saturated rings. The molecule has 1 aliphatic heterocycles. The van der Waals surface area contributed by atoms with Crippen LogP contribution in [0.2, 0.25) is 0 Å². The summed E-state index contributed by atoms with van der Waals surface area (Å²) in [5.74, 6) is -2.51. The van der Waals surface area contributed by atoms with E-state index in [1.165, 1.54) is 16.8 Å². The quantitative estimate of drug-likeness (QED) is 0.515. The molecule has 1 rings (SSSR count). The zero-order valence-electron chi connectivity index (χ0n) is 8.34. The van der Waals surface area contributed by atoms with Crippen molar-refractivity contribution in [2.45, 2.75) is 6.04 Å². The predicted molar refractivity (Wildman–Crippen MR) is 49.8 cm³/mol. The third-order valence-corrected chi connectivity index (χ3v) is 2.26. The van der Waals surface area contributed by atoms with Gasteiger partial charge in [-0.3, -0.25) is 14.4 Å². The Hall–Kier alpha value is -1.63. The van der Waals surface area contributed by atoms with Gasteiger partial charge >= 0.3 is 17.8 Å². The fraction of sp³-hybridized carbons (Fsp3) is 0.625. The van der Waals surface area contributed by atoms with Gasteiger partial charge in [0.1, 0.15) is 6.04 Å². The number of carbonyl (C=O) groups is 3. The van der Waals surface area contributed by atoms with Crippen LogP contribution in [0.1, 0.15) is 0 Å². The average Bonchev–Trinajstić information content (AvgIpc) is 2.18. The first-order valence-electron chi connectivity index (χ1n) is 4.46. The lowest BCUT2D eigenvalue weighted by Gasteiger charge is -2.32. The molecule has 0 spiro atoms. The van der Waals surface area contributed by atoms with Crippen LogP contribution in [0, 0.1) is 0 Å². The van der Waals surface area contributed by atoms with Crippen LogP contribution < -0.4 is 5.73 Å². The van der Waals surface area contributed by atoms with Gasteiger partial charge in [0, 0.05) is 26.7 Å². The fourth-order valence-corrected chi connectivity index (χ4v) is 1.26. The highest BCUT2D eigenvalue weighted by Gasteiger charge is 2.32. The Morgan fingerprint density at radius 1 is 1.47 bits per heavy atom. The van der Waals surface area contributed by atoms with Crippen molar-refractivity contribution in [2.24, 2.45) is 5.73 Å². The number of rotatable bonds is 3. The molecule has 1 unspecified atom stereocenters. The highest BCUT2D eigenvalue weighted by molar-refractivity contribution is 6.35. The van der Waals surface area contributed by atoms with Gasteiger partial charge in [-0.15, -0.1) is 0 Å². The van der Waals surface area contributed by atoms with Crippen molar-refractivity contribution in [3.8, 4) is 0 Å². The molecule has 0 saturated carbocycles. The van der Waals surface area contributed by atoms with Gasteiger partial charge in [-0.2, -0.15) is 0 Å². The maximum Gasteiger partial charge on any atom is 0.322 e. The van der Waals surface area contributed by atoms with E-state index >= 15 is 0 Å². The summed E-state index contributed by atoms with van der Waals surface area (Å²) in [4.78, 5) is 35.5. The number of carboxylic acid groups (broad SMARTS) is 1. The Morgan fingerprint density at radius 3 is 2.60 bits per heavy atom. The maximum atomic E-state index is 11.4.